The molecule has 0 radical (unpaired) electrons. The van der Waals surface area contributed by atoms with Crippen LogP contribution < -0.4 is 4.74 Å². The fourth-order valence-corrected chi connectivity index (χ4v) is 1.88. The lowest BCUT2D eigenvalue weighted by atomic mass is 10.2. The first kappa shape index (κ1) is 17.8. The Morgan fingerprint density at radius 2 is 1.62 bits per heavy atom. The van der Waals surface area contributed by atoms with Gasteiger partial charge in [0.1, 0.15) is 5.75 Å². The van der Waals surface area contributed by atoms with Gasteiger partial charge in [0, 0.05) is 25.7 Å². The van der Waals surface area contributed by atoms with Crippen LogP contribution in [0, 0.1) is 0 Å². The van der Waals surface area contributed by atoms with Gasteiger partial charge in [-0.25, -0.2) is 0 Å². The highest BCUT2D eigenvalue weighted by Gasteiger charge is 2.30. The van der Waals surface area contributed by atoms with Gasteiger partial charge in [-0.1, -0.05) is 12.1 Å². The molecule has 0 aromatic heterocycles. The van der Waals surface area contributed by atoms with Crippen LogP contribution in [-0.4, -0.2) is 49.4 Å². The minimum atomic E-state index is -4.64. The Morgan fingerprint density at radius 1 is 1.05 bits per heavy atom. The maximum Gasteiger partial charge on any atom is 0.573 e. The summed E-state index contributed by atoms with van der Waals surface area (Å²) in [5.74, 6) is -0.185. The molecule has 0 atom stereocenters. The predicted octanol–water partition coefficient (Wildman–Crippen LogP) is 3.36. The van der Waals surface area contributed by atoms with Gasteiger partial charge in [0.2, 0.25) is 0 Å². The fourth-order valence-electron chi connectivity index (χ4n) is 1.88. The van der Waals surface area contributed by atoms with E-state index in [1.54, 1.807) is 12.1 Å². The first-order valence-electron chi connectivity index (χ1n) is 6.91. The molecule has 0 aliphatic heterocycles. The van der Waals surface area contributed by atoms with E-state index in [1.807, 2.05) is 14.1 Å². The highest BCUT2D eigenvalue weighted by Crippen LogP contribution is 2.23. The summed E-state index contributed by atoms with van der Waals surface area (Å²) < 4.78 is 40.2. The number of benzene rings is 1. The van der Waals surface area contributed by atoms with Crippen LogP contribution in [0.5, 0.6) is 5.75 Å². The van der Waals surface area contributed by atoms with Gasteiger partial charge in [0.15, 0.2) is 0 Å². The second-order valence-electron chi connectivity index (χ2n) is 5.56. The van der Waals surface area contributed by atoms with Crippen molar-refractivity contribution in [2.75, 3.05) is 27.2 Å². The van der Waals surface area contributed by atoms with Gasteiger partial charge in [0.25, 0.3) is 0 Å². The largest absolute Gasteiger partial charge is 0.573 e. The SMILES string of the molecule is CC(C)N(CCN(C)C)Cc1ccc(OC(F)(F)F)cc1. The van der Waals surface area contributed by atoms with Crippen molar-refractivity contribution < 1.29 is 17.9 Å². The molecule has 0 N–H and O–H groups in total. The van der Waals surface area contributed by atoms with Crippen LogP contribution in [0.4, 0.5) is 13.2 Å². The number of rotatable bonds is 7. The first-order valence-corrected chi connectivity index (χ1v) is 6.91. The zero-order valence-corrected chi connectivity index (χ0v) is 12.9. The van der Waals surface area contributed by atoms with Gasteiger partial charge in [-0.15, -0.1) is 13.2 Å². The third kappa shape index (κ3) is 7.34. The van der Waals surface area contributed by atoms with Crippen molar-refractivity contribution in [3.63, 3.8) is 0 Å². The smallest absolute Gasteiger partial charge is 0.406 e. The maximum atomic E-state index is 12.1. The zero-order chi connectivity index (χ0) is 16.0. The van der Waals surface area contributed by atoms with E-state index in [4.69, 9.17) is 0 Å². The van der Waals surface area contributed by atoms with E-state index in [2.05, 4.69) is 28.4 Å². The summed E-state index contributed by atoms with van der Waals surface area (Å²) in [6, 6.07) is 6.43. The van der Waals surface area contributed by atoms with E-state index in [-0.39, 0.29) is 5.75 Å². The van der Waals surface area contributed by atoms with Crippen LogP contribution >= 0.6 is 0 Å². The monoisotopic (exact) mass is 304 g/mol. The van der Waals surface area contributed by atoms with Crippen LogP contribution in [0.3, 0.4) is 0 Å². The van der Waals surface area contributed by atoms with Crippen molar-refractivity contribution in [3.05, 3.63) is 29.8 Å². The molecule has 1 aromatic rings. The quantitative estimate of drug-likeness (QED) is 0.768. The number of alkyl halides is 3. The number of halogens is 3. The Bertz CT molecular complexity index is 416. The van der Waals surface area contributed by atoms with Gasteiger partial charge in [-0.2, -0.15) is 0 Å². The third-order valence-corrected chi connectivity index (χ3v) is 3.11. The molecule has 0 heterocycles. The van der Waals surface area contributed by atoms with Crippen LogP contribution in [0.2, 0.25) is 0 Å². The summed E-state index contributed by atoms with van der Waals surface area (Å²) in [7, 11) is 4.03. The molecule has 0 spiro atoms. The summed E-state index contributed by atoms with van der Waals surface area (Å²) in [5.41, 5.74) is 0.969. The normalized spacial score (nSPS) is 12.5. The molecule has 6 heteroatoms. The molecular formula is C15H23F3N2O. The molecule has 21 heavy (non-hydrogen) atoms. The summed E-state index contributed by atoms with van der Waals surface area (Å²) in [6.07, 6.45) is -4.64. The Hall–Kier alpha value is -1.27. The van der Waals surface area contributed by atoms with E-state index in [0.29, 0.717) is 12.6 Å². The van der Waals surface area contributed by atoms with Gasteiger partial charge < -0.3 is 9.64 Å². The maximum absolute atomic E-state index is 12.1. The topological polar surface area (TPSA) is 15.7 Å². The van der Waals surface area contributed by atoms with Crippen molar-refractivity contribution >= 4 is 0 Å². The van der Waals surface area contributed by atoms with Crippen LogP contribution in [0.1, 0.15) is 19.4 Å². The molecule has 120 valence electrons. The lowest BCUT2D eigenvalue weighted by molar-refractivity contribution is -0.274. The summed E-state index contributed by atoms with van der Waals surface area (Å²) >= 11 is 0. The molecule has 0 saturated heterocycles. The Labute approximate surface area is 124 Å². The van der Waals surface area contributed by atoms with Crippen LogP contribution in [0.25, 0.3) is 0 Å². The summed E-state index contributed by atoms with van der Waals surface area (Å²) in [6.45, 7) is 6.77. The van der Waals surface area contributed by atoms with Crippen molar-refractivity contribution in [1.82, 2.24) is 9.80 Å². The van der Waals surface area contributed by atoms with Crippen molar-refractivity contribution in [3.8, 4) is 5.75 Å². The second-order valence-corrected chi connectivity index (χ2v) is 5.56. The zero-order valence-electron chi connectivity index (χ0n) is 12.9. The second kappa shape index (κ2) is 7.66. The number of likely N-dealkylation sites (N-methyl/N-ethyl adjacent to an activating group) is 1. The molecule has 0 bridgehead atoms. The van der Waals surface area contributed by atoms with Gasteiger partial charge in [0.05, 0.1) is 0 Å². The van der Waals surface area contributed by atoms with Gasteiger partial charge >= 0.3 is 6.36 Å². The average molecular weight is 304 g/mol. The minimum Gasteiger partial charge on any atom is -0.406 e. The fraction of sp³-hybridized carbons (Fsp3) is 0.600. The molecule has 1 aromatic carbocycles. The molecule has 0 fully saturated rings. The predicted molar refractivity (Wildman–Crippen MR) is 77.2 cm³/mol. The van der Waals surface area contributed by atoms with E-state index in [9.17, 15) is 13.2 Å². The number of nitrogens with zero attached hydrogens (tertiary/aromatic N) is 2. The lowest BCUT2D eigenvalue weighted by Crippen LogP contribution is -2.36. The van der Waals surface area contributed by atoms with E-state index < -0.39 is 6.36 Å². The van der Waals surface area contributed by atoms with Gasteiger partial charge in [-0.3, -0.25) is 4.90 Å². The van der Waals surface area contributed by atoms with E-state index in [0.717, 1.165) is 18.7 Å². The minimum absolute atomic E-state index is 0.185. The number of hydrogen-bond donors (Lipinski definition) is 0. The molecule has 0 aliphatic carbocycles. The molecule has 0 saturated carbocycles. The highest BCUT2D eigenvalue weighted by molar-refractivity contribution is 5.27. The molecule has 0 aliphatic rings. The molecular weight excluding hydrogens is 281 g/mol. The molecule has 0 unspecified atom stereocenters. The first-order chi connectivity index (χ1) is 9.67. The number of hydrogen-bond acceptors (Lipinski definition) is 3. The standard InChI is InChI=1S/C15H23F3N2O/c1-12(2)20(10-9-19(3)4)11-13-5-7-14(8-6-13)21-15(16,17)18/h5-8,12H,9-11H2,1-4H3. The van der Waals surface area contributed by atoms with Gasteiger partial charge in [-0.05, 0) is 45.6 Å². The molecule has 0 amide bonds. The number of ether oxygens (including phenoxy) is 1. The Kier molecular flexibility index (Phi) is 6.48. The van der Waals surface area contributed by atoms with Crippen molar-refractivity contribution in [2.45, 2.75) is 32.8 Å². The lowest BCUT2D eigenvalue weighted by Gasteiger charge is -2.28. The van der Waals surface area contributed by atoms with Crippen LogP contribution in [0.15, 0.2) is 24.3 Å². The summed E-state index contributed by atoms with van der Waals surface area (Å²) in [4.78, 5) is 4.38. The van der Waals surface area contributed by atoms with Crippen molar-refractivity contribution in [2.24, 2.45) is 0 Å². The van der Waals surface area contributed by atoms with E-state index in [1.165, 1.54) is 12.1 Å². The van der Waals surface area contributed by atoms with E-state index >= 15 is 0 Å². The Morgan fingerprint density at radius 3 is 2.05 bits per heavy atom. The summed E-state index contributed by atoms with van der Waals surface area (Å²) in [5, 5.41) is 0. The molecule has 3 nitrogen and oxygen atoms in total. The average Bonchev–Trinajstić information content (AvgIpc) is 2.34. The van der Waals surface area contributed by atoms with Crippen LogP contribution in [-0.2, 0) is 6.54 Å². The Balaban J connectivity index is 2.63. The molecule has 1 rings (SSSR count). The van der Waals surface area contributed by atoms with Crippen molar-refractivity contribution in [1.29, 1.82) is 0 Å². The third-order valence-electron chi connectivity index (χ3n) is 3.11. The highest BCUT2D eigenvalue weighted by atomic mass is 19.4.